The second-order valence-electron chi connectivity index (χ2n) is 6.95. The van der Waals surface area contributed by atoms with Gasteiger partial charge in [0.2, 0.25) is 0 Å². The van der Waals surface area contributed by atoms with Crippen LogP contribution >= 0.6 is 15.9 Å². The van der Waals surface area contributed by atoms with Gasteiger partial charge in [-0.2, -0.15) is 0 Å². The molecule has 0 spiro atoms. The number of aliphatic hydroxyl groups excluding tert-OH is 1. The molecule has 0 amide bonds. The van der Waals surface area contributed by atoms with E-state index < -0.39 is 6.10 Å². The summed E-state index contributed by atoms with van der Waals surface area (Å²) in [5, 5.41) is 10.9. The zero-order valence-corrected chi connectivity index (χ0v) is 17.1. The molecule has 28 heavy (non-hydrogen) atoms. The third-order valence-electron chi connectivity index (χ3n) is 4.85. The van der Waals surface area contributed by atoms with Gasteiger partial charge in [0.05, 0.1) is 18.4 Å². The fourth-order valence-electron chi connectivity index (χ4n) is 3.36. The second-order valence-corrected chi connectivity index (χ2v) is 7.81. The number of aliphatic hydroxyl groups is 1. The number of halogens is 1. The largest absolute Gasteiger partial charge is 0.493 e. The van der Waals surface area contributed by atoms with E-state index in [1.807, 2.05) is 55.6 Å². The molecule has 0 fully saturated rings. The zero-order valence-electron chi connectivity index (χ0n) is 15.5. The van der Waals surface area contributed by atoms with Crippen molar-refractivity contribution < 1.29 is 14.6 Å². The van der Waals surface area contributed by atoms with E-state index in [9.17, 15) is 5.11 Å². The maximum atomic E-state index is 10.9. The van der Waals surface area contributed by atoms with Crippen LogP contribution in [0.4, 0.5) is 0 Å². The Bertz CT molecular complexity index is 965. The number of hydrogen-bond donors (Lipinski definition) is 1. The lowest BCUT2D eigenvalue weighted by molar-refractivity contribution is 0.0504. The minimum atomic E-state index is -0.615. The highest BCUT2D eigenvalue weighted by atomic mass is 79.9. The van der Waals surface area contributed by atoms with Gasteiger partial charge < -0.3 is 14.6 Å². The number of nitrogens with zero attached hydrogens (tertiary/aromatic N) is 2. The first-order valence-corrected chi connectivity index (χ1v) is 9.98. The smallest absolute Gasteiger partial charge is 0.131 e. The summed E-state index contributed by atoms with van der Waals surface area (Å²) in [7, 11) is 0. The number of benzene rings is 1. The van der Waals surface area contributed by atoms with Crippen molar-refractivity contribution in [3.8, 4) is 11.5 Å². The molecule has 1 aromatic carbocycles. The van der Waals surface area contributed by atoms with E-state index >= 15 is 0 Å². The number of aromatic nitrogens is 2. The van der Waals surface area contributed by atoms with E-state index in [2.05, 4.69) is 25.9 Å². The minimum Gasteiger partial charge on any atom is -0.493 e. The molecule has 6 heteroatoms. The van der Waals surface area contributed by atoms with Gasteiger partial charge in [0.15, 0.2) is 0 Å². The summed E-state index contributed by atoms with van der Waals surface area (Å²) >= 11 is 3.51. The van der Waals surface area contributed by atoms with E-state index in [1.165, 1.54) is 0 Å². The Morgan fingerprint density at radius 2 is 2.14 bits per heavy atom. The summed E-state index contributed by atoms with van der Waals surface area (Å²) in [6.07, 6.45) is 3.67. The monoisotopic (exact) mass is 440 g/mol. The van der Waals surface area contributed by atoms with Crippen molar-refractivity contribution in [3.05, 3.63) is 81.8 Å². The molecule has 2 aromatic heterocycles. The van der Waals surface area contributed by atoms with Gasteiger partial charge in [-0.1, -0.05) is 6.07 Å². The van der Waals surface area contributed by atoms with Gasteiger partial charge in [0.25, 0.3) is 0 Å². The predicted molar refractivity (Wildman–Crippen MR) is 109 cm³/mol. The highest BCUT2D eigenvalue weighted by molar-refractivity contribution is 9.10. The van der Waals surface area contributed by atoms with Gasteiger partial charge in [-0.05, 0) is 71.2 Å². The molecule has 0 aliphatic carbocycles. The first-order chi connectivity index (χ1) is 13.6. The summed E-state index contributed by atoms with van der Waals surface area (Å²) in [5.74, 6) is 1.36. The van der Waals surface area contributed by atoms with Crippen LogP contribution in [0, 0.1) is 12.8 Å². The standard InChI is InChI=1S/C22H21BrN2O3/c1-14-4-6-19(23)20(25-14)13-27-17-5-7-21-18(10-17)22(26)16(12-28-21)9-15-3-2-8-24-11-15/h2-8,10-11,16,22,26H,9,12-13H2,1H3/t16-,22-/m0/s1. The van der Waals surface area contributed by atoms with Gasteiger partial charge in [-0.3, -0.25) is 9.97 Å². The SMILES string of the molecule is Cc1ccc(Br)c(COc2ccc3c(c2)[C@@H](O)[C@@H](Cc2cccnc2)CO3)n1. The second kappa shape index (κ2) is 8.29. The van der Waals surface area contributed by atoms with Crippen LogP contribution < -0.4 is 9.47 Å². The number of ether oxygens (including phenoxy) is 2. The van der Waals surface area contributed by atoms with Crippen molar-refractivity contribution in [2.24, 2.45) is 5.92 Å². The molecule has 5 nitrogen and oxygen atoms in total. The third-order valence-corrected chi connectivity index (χ3v) is 5.58. The first kappa shape index (κ1) is 18.9. The minimum absolute atomic E-state index is 0.0282. The molecule has 1 N–H and O–H groups in total. The van der Waals surface area contributed by atoms with Crippen LogP contribution in [0.1, 0.15) is 28.6 Å². The maximum Gasteiger partial charge on any atom is 0.131 e. The molecular formula is C22H21BrN2O3. The van der Waals surface area contributed by atoms with Crippen molar-refractivity contribution in [2.75, 3.05) is 6.61 Å². The van der Waals surface area contributed by atoms with Crippen LogP contribution in [0.2, 0.25) is 0 Å². The lowest BCUT2D eigenvalue weighted by atomic mass is 9.88. The lowest BCUT2D eigenvalue weighted by Gasteiger charge is -2.30. The Hall–Kier alpha value is -2.44. The van der Waals surface area contributed by atoms with Crippen LogP contribution in [0.25, 0.3) is 0 Å². The van der Waals surface area contributed by atoms with Crippen LogP contribution in [-0.2, 0) is 13.0 Å². The number of fused-ring (bicyclic) bond motifs is 1. The molecule has 1 aliphatic heterocycles. The van der Waals surface area contributed by atoms with E-state index in [-0.39, 0.29) is 5.92 Å². The summed E-state index contributed by atoms with van der Waals surface area (Å²) in [4.78, 5) is 8.65. The average Bonchev–Trinajstić information content (AvgIpc) is 2.72. The summed E-state index contributed by atoms with van der Waals surface area (Å²) in [5.41, 5.74) is 3.62. The number of hydrogen-bond acceptors (Lipinski definition) is 5. The normalized spacial score (nSPS) is 18.2. The number of rotatable bonds is 5. The molecule has 3 heterocycles. The van der Waals surface area contributed by atoms with E-state index in [4.69, 9.17) is 9.47 Å². The van der Waals surface area contributed by atoms with Crippen molar-refractivity contribution in [1.82, 2.24) is 9.97 Å². The Labute approximate surface area is 172 Å². The van der Waals surface area contributed by atoms with Gasteiger partial charge in [-0.15, -0.1) is 0 Å². The lowest BCUT2D eigenvalue weighted by Crippen LogP contribution is -2.27. The molecule has 0 saturated heterocycles. The Morgan fingerprint density at radius 3 is 2.96 bits per heavy atom. The van der Waals surface area contributed by atoms with E-state index in [0.29, 0.717) is 31.1 Å². The molecule has 1 aliphatic rings. The maximum absolute atomic E-state index is 10.9. The molecule has 2 atom stereocenters. The molecular weight excluding hydrogens is 420 g/mol. The summed E-state index contributed by atoms with van der Waals surface area (Å²) in [6.45, 7) is 2.77. The molecule has 0 bridgehead atoms. The number of aryl methyl sites for hydroxylation is 1. The van der Waals surface area contributed by atoms with Crippen LogP contribution in [0.3, 0.4) is 0 Å². The van der Waals surface area contributed by atoms with E-state index in [0.717, 1.165) is 27.0 Å². The molecule has 4 rings (SSSR count). The molecule has 0 unspecified atom stereocenters. The molecule has 3 aromatic rings. The zero-order chi connectivity index (χ0) is 19.5. The molecule has 0 saturated carbocycles. The predicted octanol–water partition coefficient (Wildman–Crippen LogP) is 4.41. The van der Waals surface area contributed by atoms with Crippen molar-refractivity contribution in [3.63, 3.8) is 0 Å². The van der Waals surface area contributed by atoms with Crippen LogP contribution in [-0.4, -0.2) is 21.7 Å². The number of pyridine rings is 2. The van der Waals surface area contributed by atoms with Crippen LogP contribution in [0.5, 0.6) is 11.5 Å². The van der Waals surface area contributed by atoms with Crippen molar-refractivity contribution in [2.45, 2.75) is 26.1 Å². The van der Waals surface area contributed by atoms with Gasteiger partial charge in [-0.25, -0.2) is 0 Å². The Kier molecular flexibility index (Phi) is 5.59. The third kappa shape index (κ3) is 4.18. The Morgan fingerprint density at radius 1 is 1.25 bits per heavy atom. The van der Waals surface area contributed by atoms with E-state index in [1.54, 1.807) is 6.20 Å². The van der Waals surface area contributed by atoms with Gasteiger partial charge in [0, 0.05) is 34.0 Å². The topological polar surface area (TPSA) is 64.5 Å². The van der Waals surface area contributed by atoms with Crippen LogP contribution in [0.15, 0.2) is 59.3 Å². The quantitative estimate of drug-likeness (QED) is 0.636. The van der Waals surface area contributed by atoms with Gasteiger partial charge >= 0.3 is 0 Å². The molecule has 0 radical (unpaired) electrons. The highest BCUT2D eigenvalue weighted by Crippen LogP contribution is 2.39. The molecule has 144 valence electrons. The highest BCUT2D eigenvalue weighted by Gasteiger charge is 2.30. The fourth-order valence-corrected chi connectivity index (χ4v) is 3.69. The van der Waals surface area contributed by atoms with Gasteiger partial charge in [0.1, 0.15) is 18.1 Å². The average molecular weight is 441 g/mol. The van der Waals surface area contributed by atoms with Crippen molar-refractivity contribution >= 4 is 15.9 Å². The summed E-state index contributed by atoms with van der Waals surface area (Å²) in [6, 6.07) is 13.4. The first-order valence-electron chi connectivity index (χ1n) is 9.18. The fraction of sp³-hybridized carbons (Fsp3) is 0.273. The Balaban J connectivity index is 1.49. The summed E-state index contributed by atoms with van der Waals surface area (Å²) < 4.78 is 12.7. The van der Waals surface area contributed by atoms with Crippen molar-refractivity contribution in [1.29, 1.82) is 0 Å².